The summed E-state index contributed by atoms with van der Waals surface area (Å²) in [6, 6.07) is -0.776. The first-order valence-electron chi connectivity index (χ1n) is 9.37. The Morgan fingerprint density at radius 2 is 2.20 bits per heavy atom. The molecule has 0 aromatic rings. The number of unbranched alkanes of at least 4 members (excludes halogenated alkanes) is 1. The lowest BCUT2D eigenvalue weighted by Crippen LogP contribution is -2.30. The SMILES string of the molecule is C=C=C(NCCCCC(N)C(=O)O)OCCCC1C#CCCCCC1. The van der Waals surface area contributed by atoms with Crippen LogP contribution in [0, 0.1) is 17.8 Å². The van der Waals surface area contributed by atoms with Gasteiger partial charge in [0.15, 0.2) is 0 Å². The second-order valence-electron chi connectivity index (χ2n) is 6.48. The summed E-state index contributed by atoms with van der Waals surface area (Å²) < 4.78 is 5.67. The molecule has 140 valence electrons. The van der Waals surface area contributed by atoms with E-state index in [4.69, 9.17) is 15.6 Å². The first-order valence-corrected chi connectivity index (χ1v) is 9.37. The zero-order valence-electron chi connectivity index (χ0n) is 15.2. The minimum atomic E-state index is -0.947. The van der Waals surface area contributed by atoms with Gasteiger partial charge in [-0.3, -0.25) is 4.79 Å². The molecule has 1 aliphatic carbocycles. The van der Waals surface area contributed by atoms with Crippen LogP contribution >= 0.6 is 0 Å². The molecule has 0 spiro atoms. The fraction of sp³-hybridized carbons (Fsp3) is 0.700. The molecule has 0 radical (unpaired) electrons. The molecule has 1 aliphatic rings. The van der Waals surface area contributed by atoms with E-state index in [1.165, 1.54) is 25.7 Å². The molecule has 0 fully saturated rings. The Bertz CT molecular complexity index is 501. The summed E-state index contributed by atoms with van der Waals surface area (Å²) >= 11 is 0. The molecule has 0 aliphatic heterocycles. The van der Waals surface area contributed by atoms with Gasteiger partial charge in [-0.25, -0.2) is 0 Å². The van der Waals surface area contributed by atoms with Crippen LogP contribution in [0.3, 0.4) is 0 Å². The van der Waals surface area contributed by atoms with E-state index < -0.39 is 12.0 Å². The van der Waals surface area contributed by atoms with Gasteiger partial charge >= 0.3 is 5.97 Å². The Kier molecular flexibility index (Phi) is 11.3. The molecule has 25 heavy (non-hydrogen) atoms. The molecule has 0 bridgehead atoms. The molecule has 4 N–H and O–H groups in total. The minimum Gasteiger partial charge on any atom is -0.480 e. The van der Waals surface area contributed by atoms with Gasteiger partial charge in [-0.15, -0.1) is 5.92 Å². The van der Waals surface area contributed by atoms with Crippen molar-refractivity contribution < 1.29 is 14.6 Å². The fourth-order valence-corrected chi connectivity index (χ4v) is 2.77. The number of ether oxygens (including phenoxy) is 1. The van der Waals surface area contributed by atoms with Crippen LogP contribution in [0.2, 0.25) is 0 Å². The van der Waals surface area contributed by atoms with Gasteiger partial charge in [-0.2, -0.15) is 0 Å². The number of aliphatic carboxylic acids is 1. The van der Waals surface area contributed by atoms with Crippen LogP contribution in [0.5, 0.6) is 0 Å². The Morgan fingerprint density at radius 3 is 2.96 bits per heavy atom. The maximum atomic E-state index is 10.6. The molecule has 5 heteroatoms. The summed E-state index contributed by atoms with van der Waals surface area (Å²) in [5.74, 6) is 6.78. The highest BCUT2D eigenvalue weighted by Gasteiger charge is 2.10. The molecule has 5 nitrogen and oxygen atoms in total. The number of rotatable bonds is 12. The minimum absolute atomic E-state index is 0.480. The highest BCUT2D eigenvalue weighted by molar-refractivity contribution is 5.72. The molecule has 2 atom stereocenters. The third-order valence-electron chi connectivity index (χ3n) is 4.31. The van der Waals surface area contributed by atoms with Crippen molar-refractivity contribution in [3.8, 4) is 11.8 Å². The largest absolute Gasteiger partial charge is 0.480 e. The predicted molar refractivity (Wildman–Crippen MR) is 99.7 cm³/mol. The van der Waals surface area contributed by atoms with Crippen LogP contribution in [-0.4, -0.2) is 30.3 Å². The molecule has 0 saturated carbocycles. The Balaban J connectivity index is 2.09. The van der Waals surface area contributed by atoms with Crippen molar-refractivity contribution in [3.05, 3.63) is 18.2 Å². The van der Waals surface area contributed by atoms with E-state index >= 15 is 0 Å². The summed E-state index contributed by atoms with van der Waals surface area (Å²) in [6.07, 6.45) is 10.2. The van der Waals surface area contributed by atoms with Gasteiger partial charge in [0, 0.05) is 18.9 Å². The third kappa shape index (κ3) is 10.6. The van der Waals surface area contributed by atoms with Crippen molar-refractivity contribution in [2.24, 2.45) is 11.7 Å². The normalized spacial score (nSPS) is 17.9. The van der Waals surface area contributed by atoms with Gasteiger partial charge < -0.3 is 20.9 Å². The van der Waals surface area contributed by atoms with E-state index in [1.54, 1.807) is 0 Å². The maximum absolute atomic E-state index is 10.6. The number of nitrogens with one attached hydrogen (secondary N) is 1. The zero-order valence-corrected chi connectivity index (χ0v) is 15.2. The average molecular weight is 348 g/mol. The van der Waals surface area contributed by atoms with Crippen LogP contribution in [0.25, 0.3) is 0 Å². The average Bonchev–Trinajstić information content (AvgIpc) is 2.57. The molecule has 0 aromatic heterocycles. The molecule has 0 amide bonds. The summed E-state index contributed by atoms with van der Waals surface area (Å²) in [4.78, 5) is 10.6. The van der Waals surface area contributed by atoms with Gasteiger partial charge in [-0.1, -0.05) is 31.1 Å². The zero-order chi connectivity index (χ0) is 18.3. The second kappa shape index (κ2) is 13.4. The molecular formula is C20H32N2O3. The van der Waals surface area contributed by atoms with Crippen LogP contribution < -0.4 is 11.1 Å². The second-order valence-corrected chi connectivity index (χ2v) is 6.48. The third-order valence-corrected chi connectivity index (χ3v) is 4.31. The quantitative estimate of drug-likeness (QED) is 0.218. The van der Waals surface area contributed by atoms with E-state index in [0.29, 0.717) is 31.4 Å². The number of nitrogens with two attached hydrogens (primary N) is 1. The first kappa shape index (κ1) is 21.2. The number of carboxylic acid groups (broad SMARTS) is 1. The van der Waals surface area contributed by atoms with E-state index in [0.717, 1.165) is 32.1 Å². The van der Waals surface area contributed by atoms with Crippen LogP contribution in [0.4, 0.5) is 0 Å². The molecule has 0 aromatic carbocycles. The first-order chi connectivity index (χ1) is 12.1. The van der Waals surface area contributed by atoms with Crippen LogP contribution in [0.15, 0.2) is 18.2 Å². The number of carboxylic acids is 1. The van der Waals surface area contributed by atoms with Gasteiger partial charge in [0.25, 0.3) is 0 Å². The van der Waals surface area contributed by atoms with Gasteiger partial charge in [0.2, 0.25) is 5.88 Å². The van der Waals surface area contributed by atoms with Gasteiger partial charge in [-0.05, 0) is 44.9 Å². The summed E-state index contributed by atoms with van der Waals surface area (Å²) in [6.45, 7) is 4.96. The standard InChI is InChI=1S/C20H32N2O3/c1-2-19(22-15-9-8-14-18(21)20(23)24)25-16-10-13-17-11-6-4-3-5-7-12-17/h17-18,22H,1,3-6,8-11,13-16,21H2,(H,23,24). The van der Waals surface area contributed by atoms with Crippen molar-refractivity contribution >= 4 is 5.97 Å². The summed E-state index contributed by atoms with van der Waals surface area (Å²) in [7, 11) is 0. The molecule has 0 saturated heterocycles. The number of carbonyl (C=O) groups is 1. The van der Waals surface area contributed by atoms with Crippen molar-refractivity contribution in [1.82, 2.24) is 5.32 Å². The summed E-state index contributed by atoms with van der Waals surface area (Å²) in [5, 5.41) is 11.9. The fourth-order valence-electron chi connectivity index (χ4n) is 2.77. The van der Waals surface area contributed by atoms with E-state index in [2.05, 4.69) is 29.5 Å². The lowest BCUT2D eigenvalue weighted by atomic mass is 9.94. The number of hydrogen-bond donors (Lipinski definition) is 3. The van der Waals surface area contributed by atoms with Crippen molar-refractivity contribution in [1.29, 1.82) is 0 Å². The lowest BCUT2D eigenvalue weighted by molar-refractivity contribution is -0.138. The van der Waals surface area contributed by atoms with Crippen LogP contribution in [0.1, 0.15) is 64.2 Å². The molecule has 0 heterocycles. The molecule has 1 rings (SSSR count). The van der Waals surface area contributed by atoms with Crippen molar-refractivity contribution in [2.75, 3.05) is 13.2 Å². The highest BCUT2D eigenvalue weighted by atomic mass is 16.5. The van der Waals surface area contributed by atoms with E-state index in [9.17, 15) is 4.79 Å². The number of hydrogen-bond acceptors (Lipinski definition) is 4. The van der Waals surface area contributed by atoms with Crippen LogP contribution in [-0.2, 0) is 9.53 Å². The van der Waals surface area contributed by atoms with E-state index in [-0.39, 0.29) is 0 Å². The highest BCUT2D eigenvalue weighted by Crippen LogP contribution is 2.17. The molecule has 2 unspecified atom stereocenters. The van der Waals surface area contributed by atoms with Gasteiger partial charge in [0.1, 0.15) is 6.04 Å². The Labute approximate surface area is 151 Å². The molecular weight excluding hydrogens is 316 g/mol. The topological polar surface area (TPSA) is 84.6 Å². The van der Waals surface area contributed by atoms with Crippen molar-refractivity contribution in [2.45, 2.75) is 70.3 Å². The predicted octanol–water partition coefficient (Wildman–Crippen LogP) is 3.17. The Morgan fingerprint density at radius 1 is 1.36 bits per heavy atom. The van der Waals surface area contributed by atoms with Gasteiger partial charge in [0.05, 0.1) is 6.61 Å². The monoisotopic (exact) mass is 348 g/mol. The van der Waals surface area contributed by atoms with E-state index in [1.807, 2.05) is 0 Å². The van der Waals surface area contributed by atoms with Crippen molar-refractivity contribution in [3.63, 3.8) is 0 Å². The maximum Gasteiger partial charge on any atom is 0.320 e. The summed E-state index contributed by atoms with van der Waals surface area (Å²) in [5.41, 5.74) is 8.23. The Hall–Kier alpha value is -1.89. The smallest absolute Gasteiger partial charge is 0.320 e. The lowest BCUT2D eigenvalue weighted by Gasteiger charge is -2.14.